The Balaban J connectivity index is 2.05. The molecule has 8 nitrogen and oxygen atoms in total. The maximum Gasteiger partial charge on any atom is 0.287 e. The van der Waals surface area contributed by atoms with Crippen LogP contribution in [0.15, 0.2) is 35.1 Å². The summed E-state index contributed by atoms with van der Waals surface area (Å²) in [7, 11) is 1.58. The fourth-order valence-electron chi connectivity index (χ4n) is 2.42. The molecule has 1 heterocycles. The Morgan fingerprint density at radius 2 is 1.93 bits per heavy atom. The number of nitrogens with zero attached hydrogens (tertiary/aromatic N) is 2. The molecule has 2 aromatic rings. The van der Waals surface area contributed by atoms with Crippen LogP contribution in [-0.4, -0.2) is 36.0 Å². The van der Waals surface area contributed by atoms with Crippen molar-refractivity contribution in [3.05, 3.63) is 63.1 Å². The molecule has 2 N–H and O–H groups in total. The topological polar surface area (TPSA) is 105 Å². The van der Waals surface area contributed by atoms with Gasteiger partial charge in [0.05, 0.1) is 6.61 Å². The fraction of sp³-hybridized carbons (Fsp3) is 0.263. The highest BCUT2D eigenvalue weighted by Crippen LogP contribution is 2.12. The molecular formula is C19H20N4O4S. The molecule has 0 atom stereocenters. The van der Waals surface area contributed by atoms with Gasteiger partial charge in [0, 0.05) is 18.4 Å². The first-order valence-electron chi connectivity index (χ1n) is 8.35. The van der Waals surface area contributed by atoms with E-state index in [1.54, 1.807) is 51.3 Å². The summed E-state index contributed by atoms with van der Waals surface area (Å²) in [5, 5.41) is 11.6. The van der Waals surface area contributed by atoms with Gasteiger partial charge < -0.3 is 9.47 Å². The van der Waals surface area contributed by atoms with Gasteiger partial charge >= 0.3 is 0 Å². The zero-order valence-corrected chi connectivity index (χ0v) is 16.6. The van der Waals surface area contributed by atoms with E-state index in [9.17, 15) is 9.59 Å². The van der Waals surface area contributed by atoms with Crippen molar-refractivity contribution in [2.75, 3.05) is 25.7 Å². The Morgan fingerprint density at radius 3 is 2.54 bits per heavy atom. The normalized spacial score (nSPS) is 10.1. The first-order chi connectivity index (χ1) is 13.4. The number of nitrogens with one attached hydrogen (secondary N) is 2. The van der Waals surface area contributed by atoms with Crippen molar-refractivity contribution in [1.29, 1.82) is 5.26 Å². The van der Waals surface area contributed by atoms with Gasteiger partial charge in [0.1, 0.15) is 24.0 Å². The van der Waals surface area contributed by atoms with E-state index < -0.39 is 11.5 Å². The lowest BCUT2D eigenvalue weighted by Crippen LogP contribution is -2.43. The van der Waals surface area contributed by atoms with Crippen LogP contribution in [0.5, 0.6) is 5.75 Å². The van der Waals surface area contributed by atoms with Gasteiger partial charge in [-0.05, 0) is 62.0 Å². The number of hydrogen-bond acceptors (Lipinski definition) is 6. The minimum Gasteiger partial charge on any atom is -0.491 e. The van der Waals surface area contributed by atoms with E-state index in [1.165, 1.54) is 0 Å². The summed E-state index contributed by atoms with van der Waals surface area (Å²) >= 11 is 5.12. The van der Waals surface area contributed by atoms with Crippen LogP contribution in [0.4, 0.5) is 0 Å². The molecule has 0 unspecified atom stereocenters. The summed E-state index contributed by atoms with van der Waals surface area (Å²) in [5.41, 5.74) is 3.61. The molecule has 0 aliphatic carbocycles. The molecule has 0 aliphatic rings. The summed E-state index contributed by atoms with van der Waals surface area (Å²) < 4.78 is 11.5. The molecule has 28 heavy (non-hydrogen) atoms. The van der Waals surface area contributed by atoms with Gasteiger partial charge in [-0.2, -0.15) is 5.26 Å². The maximum absolute atomic E-state index is 12.4. The number of carbonyl (C=O) groups is 1. The van der Waals surface area contributed by atoms with Gasteiger partial charge in [-0.3, -0.25) is 20.3 Å². The molecule has 0 aliphatic heterocycles. The molecule has 0 saturated heterocycles. The predicted molar refractivity (Wildman–Crippen MR) is 108 cm³/mol. The van der Waals surface area contributed by atoms with Gasteiger partial charge in [-0.15, -0.1) is 0 Å². The van der Waals surface area contributed by atoms with Crippen molar-refractivity contribution in [2.24, 2.45) is 0 Å². The Labute approximate surface area is 167 Å². The van der Waals surface area contributed by atoms with Crippen molar-refractivity contribution < 1.29 is 14.3 Å². The summed E-state index contributed by atoms with van der Waals surface area (Å²) in [4.78, 5) is 24.7. The second-order valence-corrected chi connectivity index (χ2v) is 6.27. The number of thiocarbonyl (C=S) groups is 1. The SMILES string of the molecule is COCCOc1ccc(C(=O)NC(=S)Nn2c(C)cc(C)c(C#N)c2=O)cc1. The number of hydrogen-bond donors (Lipinski definition) is 2. The Kier molecular flexibility index (Phi) is 7.26. The van der Waals surface area contributed by atoms with Crippen molar-refractivity contribution >= 4 is 23.2 Å². The lowest BCUT2D eigenvalue weighted by atomic mass is 10.1. The molecule has 1 aromatic carbocycles. The van der Waals surface area contributed by atoms with E-state index in [0.717, 1.165) is 4.68 Å². The first kappa shape index (κ1) is 21.1. The van der Waals surface area contributed by atoms with E-state index in [0.29, 0.717) is 35.8 Å². The lowest BCUT2D eigenvalue weighted by Gasteiger charge is -2.15. The number of nitriles is 1. The fourth-order valence-corrected chi connectivity index (χ4v) is 2.60. The molecule has 1 amide bonds. The summed E-state index contributed by atoms with van der Waals surface area (Å²) in [6.07, 6.45) is 0. The highest BCUT2D eigenvalue weighted by Gasteiger charge is 2.13. The second kappa shape index (κ2) is 9.64. The van der Waals surface area contributed by atoms with Crippen molar-refractivity contribution in [2.45, 2.75) is 13.8 Å². The average molecular weight is 400 g/mol. The molecule has 146 valence electrons. The Morgan fingerprint density at radius 1 is 1.25 bits per heavy atom. The second-order valence-electron chi connectivity index (χ2n) is 5.86. The lowest BCUT2D eigenvalue weighted by molar-refractivity contribution is 0.0977. The van der Waals surface area contributed by atoms with Gasteiger partial charge in [0.2, 0.25) is 0 Å². The Hall–Kier alpha value is -3.22. The minimum atomic E-state index is -0.533. The van der Waals surface area contributed by atoms with E-state index in [2.05, 4.69) is 10.7 Å². The van der Waals surface area contributed by atoms with Crippen LogP contribution >= 0.6 is 12.2 Å². The largest absolute Gasteiger partial charge is 0.491 e. The summed E-state index contributed by atoms with van der Waals surface area (Å²) in [6.45, 7) is 4.24. The number of amides is 1. The van der Waals surface area contributed by atoms with Crippen molar-refractivity contribution in [1.82, 2.24) is 9.99 Å². The molecular weight excluding hydrogens is 380 g/mol. The van der Waals surface area contributed by atoms with Crippen LogP contribution in [0.2, 0.25) is 0 Å². The maximum atomic E-state index is 12.4. The number of benzene rings is 1. The molecule has 0 fully saturated rings. The molecule has 9 heteroatoms. The number of pyridine rings is 1. The van der Waals surface area contributed by atoms with Crippen LogP contribution in [0.3, 0.4) is 0 Å². The zero-order valence-electron chi connectivity index (χ0n) is 15.7. The van der Waals surface area contributed by atoms with Crippen LogP contribution in [0.25, 0.3) is 0 Å². The zero-order chi connectivity index (χ0) is 20.7. The van der Waals surface area contributed by atoms with Crippen LogP contribution < -0.4 is 21.0 Å². The van der Waals surface area contributed by atoms with Crippen molar-refractivity contribution in [3.63, 3.8) is 0 Å². The third-order valence-electron chi connectivity index (χ3n) is 3.81. The number of ether oxygens (including phenoxy) is 2. The third-order valence-corrected chi connectivity index (χ3v) is 4.01. The average Bonchev–Trinajstić information content (AvgIpc) is 2.66. The van der Waals surface area contributed by atoms with E-state index >= 15 is 0 Å². The molecule has 0 radical (unpaired) electrons. The van der Waals surface area contributed by atoms with Gasteiger partial charge in [0.15, 0.2) is 5.11 Å². The Bertz CT molecular complexity index is 977. The summed E-state index contributed by atoms with van der Waals surface area (Å²) in [6, 6.07) is 10.1. The monoisotopic (exact) mass is 400 g/mol. The molecule has 1 aromatic heterocycles. The van der Waals surface area contributed by atoms with Gasteiger partial charge in [-0.25, -0.2) is 4.68 Å². The van der Waals surface area contributed by atoms with Gasteiger partial charge in [-0.1, -0.05) is 0 Å². The minimum absolute atomic E-state index is 0.0105. The molecule has 2 rings (SSSR count). The van der Waals surface area contributed by atoms with Crippen LogP contribution in [0.1, 0.15) is 27.2 Å². The molecule has 0 saturated carbocycles. The number of carbonyl (C=O) groups excluding carboxylic acids is 1. The number of rotatable bonds is 6. The third kappa shape index (κ3) is 5.16. The van der Waals surface area contributed by atoms with E-state index in [-0.39, 0.29) is 10.7 Å². The van der Waals surface area contributed by atoms with E-state index in [1.807, 2.05) is 6.07 Å². The highest BCUT2D eigenvalue weighted by atomic mass is 32.1. The quantitative estimate of drug-likeness (QED) is 0.561. The molecule has 0 bridgehead atoms. The number of methoxy groups -OCH3 is 1. The summed E-state index contributed by atoms with van der Waals surface area (Å²) in [5.74, 6) is 0.166. The standard InChI is InChI=1S/C19H20N4O4S/c1-12-10-13(2)23(18(25)16(12)11-20)22-19(28)21-17(24)14-4-6-15(7-5-14)27-9-8-26-3/h4-7,10H,8-9H2,1-3H3,(H2,21,22,24,28). The van der Waals surface area contributed by atoms with Crippen LogP contribution in [0, 0.1) is 25.2 Å². The van der Waals surface area contributed by atoms with Gasteiger partial charge in [0.25, 0.3) is 11.5 Å². The van der Waals surface area contributed by atoms with E-state index in [4.69, 9.17) is 27.0 Å². The molecule has 0 spiro atoms. The van der Waals surface area contributed by atoms with Crippen LogP contribution in [-0.2, 0) is 4.74 Å². The highest BCUT2D eigenvalue weighted by molar-refractivity contribution is 7.80. The predicted octanol–water partition coefficient (Wildman–Crippen LogP) is 1.62. The number of aryl methyl sites for hydroxylation is 2. The smallest absolute Gasteiger partial charge is 0.287 e. The van der Waals surface area contributed by atoms with Crippen molar-refractivity contribution in [3.8, 4) is 11.8 Å². The first-order valence-corrected chi connectivity index (χ1v) is 8.75. The number of aromatic nitrogens is 1.